The number of nitrogens with zero attached hydrogens (tertiary/aromatic N) is 1. The summed E-state index contributed by atoms with van der Waals surface area (Å²) in [4.78, 5) is 2.36. The second kappa shape index (κ2) is 8.15. The Bertz CT molecular complexity index is 761. The summed E-state index contributed by atoms with van der Waals surface area (Å²) in [7, 11) is 0. The van der Waals surface area contributed by atoms with Gasteiger partial charge in [0.15, 0.2) is 11.5 Å². The van der Waals surface area contributed by atoms with Crippen molar-refractivity contribution in [3.05, 3.63) is 53.8 Å². The van der Waals surface area contributed by atoms with E-state index in [-0.39, 0.29) is 18.3 Å². The van der Waals surface area contributed by atoms with E-state index in [1.54, 1.807) is 12.1 Å². The van der Waals surface area contributed by atoms with E-state index in [9.17, 15) is 9.50 Å². The van der Waals surface area contributed by atoms with Crippen LogP contribution in [0.1, 0.15) is 24.3 Å². The van der Waals surface area contributed by atoms with Crippen LogP contribution in [0.5, 0.6) is 11.5 Å². The minimum Gasteiger partial charge on any atom is -0.454 e. The normalized spacial score (nSPS) is 17.9. The zero-order valence-corrected chi connectivity index (χ0v) is 15.2. The second-order valence-electron chi connectivity index (χ2n) is 7.14. The van der Waals surface area contributed by atoms with Crippen LogP contribution in [-0.2, 0) is 0 Å². The molecule has 0 radical (unpaired) electrons. The van der Waals surface area contributed by atoms with Crippen molar-refractivity contribution in [3.8, 4) is 11.5 Å². The Balaban J connectivity index is 1.28. The van der Waals surface area contributed by atoms with E-state index in [2.05, 4.69) is 16.3 Å². The van der Waals surface area contributed by atoms with Gasteiger partial charge in [0.05, 0.1) is 6.61 Å². The third-order valence-corrected chi connectivity index (χ3v) is 5.43. The Labute approximate surface area is 158 Å². The van der Waals surface area contributed by atoms with E-state index >= 15 is 0 Å². The first kappa shape index (κ1) is 18.1. The molecule has 4 rings (SSSR count). The molecule has 6 heteroatoms. The number of rotatable bonds is 6. The van der Waals surface area contributed by atoms with Gasteiger partial charge in [-0.3, -0.25) is 0 Å². The standard InChI is InChI=1S/C21H25FN2O3/c22-17-3-1-15(2-4-17)16(13-25)12-23-18-7-9-24(10-8-18)19-5-6-20-21(11-19)27-14-26-20/h1-6,11,16,18,23,25H,7-10,12-14H2. The van der Waals surface area contributed by atoms with Crippen LogP contribution in [0.25, 0.3) is 0 Å². The number of aliphatic hydroxyl groups is 1. The minimum absolute atomic E-state index is 0.0162. The quantitative estimate of drug-likeness (QED) is 0.817. The molecule has 0 aromatic heterocycles. The first-order valence-electron chi connectivity index (χ1n) is 9.47. The van der Waals surface area contributed by atoms with Gasteiger partial charge >= 0.3 is 0 Å². The number of anilines is 1. The van der Waals surface area contributed by atoms with Crippen LogP contribution < -0.4 is 19.7 Å². The fraction of sp³-hybridized carbons (Fsp3) is 0.429. The molecule has 1 atom stereocenters. The van der Waals surface area contributed by atoms with Crippen molar-refractivity contribution in [2.45, 2.75) is 24.8 Å². The van der Waals surface area contributed by atoms with Crippen molar-refractivity contribution >= 4 is 5.69 Å². The maximum atomic E-state index is 13.1. The van der Waals surface area contributed by atoms with Gasteiger partial charge in [-0.15, -0.1) is 0 Å². The zero-order chi connectivity index (χ0) is 18.6. The van der Waals surface area contributed by atoms with Gasteiger partial charge in [-0.1, -0.05) is 12.1 Å². The molecule has 2 aliphatic heterocycles. The molecule has 27 heavy (non-hydrogen) atoms. The first-order valence-corrected chi connectivity index (χ1v) is 9.47. The summed E-state index contributed by atoms with van der Waals surface area (Å²) in [5.74, 6) is 1.36. The van der Waals surface area contributed by atoms with Gasteiger partial charge in [-0.2, -0.15) is 0 Å². The predicted octanol–water partition coefficient (Wildman–Crippen LogP) is 2.89. The number of nitrogens with one attached hydrogen (secondary N) is 1. The van der Waals surface area contributed by atoms with Crippen molar-refractivity contribution < 1.29 is 19.0 Å². The van der Waals surface area contributed by atoms with Gasteiger partial charge in [0.25, 0.3) is 0 Å². The molecule has 0 spiro atoms. The molecule has 2 aliphatic rings. The van der Waals surface area contributed by atoms with Gasteiger partial charge in [0.1, 0.15) is 5.82 Å². The molecule has 2 heterocycles. The highest BCUT2D eigenvalue weighted by Crippen LogP contribution is 2.36. The number of benzene rings is 2. The van der Waals surface area contributed by atoms with Gasteiger partial charge in [-0.25, -0.2) is 4.39 Å². The lowest BCUT2D eigenvalue weighted by atomic mass is 9.98. The number of piperidine rings is 1. The summed E-state index contributed by atoms with van der Waals surface area (Å²) in [6.07, 6.45) is 2.08. The van der Waals surface area contributed by atoms with Crippen LogP contribution in [0.2, 0.25) is 0 Å². The Morgan fingerprint density at radius 2 is 1.81 bits per heavy atom. The molecule has 2 aromatic rings. The first-order chi connectivity index (χ1) is 13.2. The summed E-state index contributed by atoms with van der Waals surface area (Å²) in [6.45, 7) is 2.98. The number of hydrogen-bond donors (Lipinski definition) is 2. The Kier molecular flexibility index (Phi) is 5.45. The van der Waals surface area contributed by atoms with Crippen molar-refractivity contribution in [2.24, 2.45) is 0 Å². The highest BCUT2D eigenvalue weighted by atomic mass is 19.1. The molecule has 0 aliphatic carbocycles. The van der Waals surface area contributed by atoms with E-state index in [1.807, 2.05) is 12.1 Å². The van der Waals surface area contributed by atoms with Crippen LogP contribution in [-0.4, -0.2) is 44.2 Å². The van der Waals surface area contributed by atoms with E-state index in [0.717, 1.165) is 48.7 Å². The number of halogens is 1. The average molecular weight is 372 g/mol. The van der Waals surface area contributed by atoms with Crippen molar-refractivity contribution in [1.29, 1.82) is 0 Å². The molecule has 1 saturated heterocycles. The monoisotopic (exact) mass is 372 g/mol. The number of ether oxygens (including phenoxy) is 2. The maximum absolute atomic E-state index is 13.1. The number of hydrogen-bond acceptors (Lipinski definition) is 5. The summed E-state index contributed by atoms with van der Waals surface area (Å²) in [6, 6.07) is 12.9. The number of fused-ring (bicyclic) bond motifs is 1. The van der Waals surface area contributed by atoms with Crippen molar-refractivity contribution in [1.82, 2.24) is 5.32 Å². The molecule has 0 bridgehead atoms. The Hall–Kier alpha value is -2.31. The summed E-state index contributed by atoms with van der Waals surface area (Å²) in [5, 5.41) is 13.3. The third kappa shape index (κ3) is 4.17. The molecule has 5 nitrogen and oxygen atoms in total. The maximum Gasteiger partial charge on any atom is 0.231 e. The van der Waals surface area contributed by atoms with Gasteiger partial charge < -0.3 is 24.8 Å². The van der Waals surface area contributed by atoms with Gasteiger partial charge in [0.2, 0.25) is 6.79 Å². The summed E-state index contributed by atoms with van der Waals surface area (Å²) >= 11 is 0. The van der Waals surface area contributed by atoms with Gasteiger partial charge in [0, 0.05) is 43.3 Å². The fourth-order valence-corrected chi connectivity index (χ4v) is 3.76. The van der Waals surface area contributed by atoms with E-state index in [1.165, 1.54) is 12.1 Å². The van der Waals surface area contributed by atoms with E-state index in [4.69, 9.17) is 9.47 Å². The van der Waals surface area contributed by atoms with E-state index in [0.29, 0.717) is 19.4 Å². The third-order valence-electron chi connectivity index (χ3n) is 5.43. The van der Waals surface area contributed by atoms with Crippen molar-refractivity contribution in [3.63, 3.8) is 0 Å². The van der Waals surface area contributed by atoms with E-state index < -0.39 is 0 Å². The smallest absolute Gasteiger partial charge is 0.231 e. The molecule has 2 N–H and O–H groups in total. The SMILES string of the molecule is OCC(CNC1CCN(c2ccc3c(c2)OCO3)CC1)c1ccc(F)cc1. The average Bonchev–Trinajstić information content (AvgIpc) is 3.18. The van der Waals surface area contributed by atoms with Crippen molar-refractivity contribution in [2.75, 3.05) is 37.9 Å². The van der Waals surface area contributed by atoms with Gasteiger partial charge in [-0.05, 0) is 42.7 Å². The predicted molar refractivity (Wildman–Crippen MR) is 102 cm³/mol. The Morgan fingerprint density at radius 3 is 2.56 bits per heavy atom. The lowest BCUT2D eigenvalue weighted by Gasteiger charge is -2.34. The zero-order valence-electron chi connectivity index (χ0n) is 15.2. The molecule has 0 amide bonds. The highest BCUT2D eigenvalue weighted by molar-refractivity contribution is 5.57. The fourth-order valence-electron chi connectivity index (χ4n) is 3.76. The summed E-state index contributed by atoms with van der Waals surface area (Å²) < 4.78 is 23.9. The van der Waals surface area contributed by atoms with Crippen LogP contribution in [0.3, 0.4) is 0 Å². The van der Waals surface area contributed by atoms with Crippen LogP contribution in [0.15, 0.2) is 42.5 Å². The number of aliphatic hydroxyl groups excluding tert-OH is 1. The van der Waals surface area contributed by atoms with Crippen LogP contribution in [0, 0.1) is 5.82 Å². The molecular formula is C21H25FN2O3. The topological polar surface area (TPSA) is 54.0 Å². The highest BCUT2D eigenvalue weighted by Gasteiger charge is 2.22. The molecule has 1 unspecified atom stereocenters. The minimum atomic E-state index is -0.251. The molecule has 144 valence electrons. The van der Waals surface area contributed by atoms with Crippen LogP contribution >= 0.6 is 0 Å². The largest absolute Gasteiger partial charge is 0.454 e. The molecule has 0 saturated carbocycles. The molecule has 2 aromatic carbocycles. The molecule has 1 fully saturated rings. The molecular weight excluding hydrogens is 347 g/mol. The lowest BCUT2D eigenvalue weighted by molar-refractivity contribution is 0.174. The lowest BCUT2D eigenvalue weighted by Crippen LogP contribution is -2.44. The summed E-state index contributed by atoms with van der Waals surface area (Å²) in [5.41, 5.74) is 2.13. The van der Waals surface area contributed by atoms with Crippen LogP contribution in [0.4, 0.5) is 10.1 Å². The Morgan fingerprint density at radius 1 is 1.07 bits per heavy atom. The second-order valence-corrected chi connectivity index (χ2v) is 7.14.